The second-order valence-corrected chi connectivity index (χ2v) is 10.0. The number of aliphatic hydroxyl groups excluding tert-OH is 1. The topological polar surface area (TPSA) is 108 Å². The summed E-state index contributed by atoms with van der Waals surface area (Å²) in [6.07, 6.45) is 6.02. The fourth-order valence-corrected chi connectivity index (χ4v) is 4.05. The normalized spacial score (nSPS) is 14.5. The fraction of sp³-hybridized carbons (Fsp3) is 0.538. The number of likely N-dealkylation sites (N-methyl/N-ethyl adjacent to an activating group) is 1. The molecule has 1 saturated heterocycles. The average Bonchev–Trinajstić information content (AvgIpc) is 2.82. The van der Waals surface area contributed by atoms with Gasteiger partial charge < -0.3 is 25.0 Å². The molecule has 190 valence electrons. The predicted molar refractivity (Wildman–Crippen MR) is 135 cm³/mol. The molecule has 9 nitrogen and oxygen atoms in total. The van der Waals surface area contributed by atoms with Gasteiger partial charge in [0.1, 0.15) is 12.1 Å². The van der Waals surface area contributed by atoms with Gasteiger partial charge in [0.2, 0.25) is 11.9 Å². The first-order valence-electron chi connectivity index (χ1n) is 12.1. The van der Waals surface area contributed by atoms with E-state index >= 15 is 0 Å². The molecular weight excluding hydrogens is 446 g/mol. The first kappa shape index (κ1) is 26.4. The third kappa shape index (κ3) is 8.20. The first-order valence-corrected chi connectivity index (χ1v) is 12.1. The summed E-state index contributed by atoms with van der Waals surface area (Å²) in [5.41, 5.74) is 2.24. The zero-order valence-electron chi connectivity index (χ0n) is 21.2. The lowest BCUT2D eigenvalue weighted by molar-refractivity contribution is -0.129. The number of piperidine rings is 1. The Balaban J connectivity index is 1.55. The maximum atomic E-state index is 12.4. The zero-order valence-corrected chi connectivity index (χ0v) is 21.2. The molecule has 1 aromatic carbocycles. The van der Waals surface area contributed by atoms with Crippen LogP contribution in [0.2, 0.25) is 0 Å². The van der Waals surface area contributed by atoms with E-state index in [0.717, 1.165) is 55.0 Å². The van der Waals surface area contributed by atoms with Crippen LogP contribution >= 0.6 is 0 Å². The van der Waals surface area contributed by atoms with E-state index in [9.17, 15) is 9.59 Å². The van der Waals surface area contributed by atoms with E-state index in [2.05, 4.69) is 20.2 Å². The lowest BCUT2D eigenvalue weighted by Crippen LogP contribution is -2.40. The highest BCUT2D eigenvalue weighted by Gasteiger charge is 2.21. The molecule has 0 spiro atoms. The number of carbonyl (C=O) groups is 2. The number of nitrogens with one attached hydrogen (secondary N) is 1. The van der Waals surface area contributed by atoms with Crippen LogP contribution in [0.5, 0.6) is 0 Å². The summed E-state index contributed by atoms with van der Waals surface area (Å²) in [5.74, 6) is 1.10. The van der Waals surface area contributed by atoms with Gasteiger partial charge in [0, 0.05) is 51.2 Å². The Morgan fingerprint density at radius 1 is 1.17 bits per heavy atom. The number of hydrogen-bond donors (Lipinski definition) is 2. The van der Waals surface area contributed by atoms with Crippen LogP contribution in [0, 0.1) is 5.92 Å². The Labute approximate surface area is 207 Å². The van der Waals surface area contributed by atoms with Crippen LogP contribution in [0.4, 0.5) is 10.7 Å². The number of carbonyl (C=O) groups excluding carboxylic acids is 2. The Kier molecular flexibility index (Phi) is 9.03. The van der Waals surface area contributed by atoms with Crippen LogP contribution in [-0.2, 0) is 16.1 Å². The second kappa shape index (κ2) is 12.0. The van der Waals surface area contributed by atoms with Crippen LogP contribution in [0.1, 0.15) is 45.6 Å². The Hall–Kier alpha value is -3.20. The van der Waals surface area contributed by atoms with Crippen molar-refractivity contribution >= 4 is 17.9 Å². The number of aliphatic hydroxyl groups is 1. The molecule has 0 saturated carbocycles. The van der Waals surface area contributed by atoms with Crippen LogP contribution in [0.15, 0.2) is 36.7 Å². The van der Waals surface area contributed by atoms with Crippen LogP contribution in [0.25, 0.3) is 11.1 Å². The van der Waals surface area contributed by atoms with Gasteiger partial charge in [-0.05, 0) is 63.1 Å². The molecule has 0 bridgehead atoms. The van der Waals surface area contributed by atoms with Crippen LogP contribution in [0.3, 0.4) is 0 Å². The van der Waals surface area contributed by atoms with E-state index in [1.807, 2.05) is 36.7 Å². The molecule has 3 rings (SSSR count). The molecule has 1 aliphatic heterocycles. The molecule has 0 atom stereocenters. The van der Waals surface area contributed by atoms with Crippen molar-refractivity contribution in [3.05, 3.63) is 42.2 Å². The SMILES string of the molecule is CN(Cc1cccc(-c2cnc(N3CCC(CCO)CC3)nc2)c1)C(=O)CNC(=O)OC(C)(C)C. The minimum Gasteiger partial charge on any atom is -0.444 e. The average molecular weight is 484 g/mol. The van der Waals surface area contributed by atoms with Crippen molar-refractivity contribution in [1.29, 1.82) is 0 Å². The number of anilines is 1. The highest BCUT2D eigenvalue weighted by molar-refractivity contribution is 5.82. The van der Waals surface area contributed by atoms with E-state index in [0.29, 0.717) is 12.5 Å². The summed E-state index contributed by atoms with van der Waals surface area (Å²) < 4.78 is 5.17. The standard InChI is InChI=1S/C26H37N5O4/c1-26(2,3)35-25(34)29-17-23(33)30(4)18-20-6-5-7-21(14-20)22-15-27-24(28-16-22)31-11-8-19(9-12-31)10-13-32/h5-7,14-16,19,32H,8-13,17-18H2,1-4H3,(H,29,34). The van der Waals surface area contributed by atoms with Gasteiger partial charge in [-0.1, -0.05) is 18.2 Å². The Morgan fingerprint density at radius 2 is 1.86 bits per heavy atom. The van der Waals surface area contributed by atoms with Gasteiger partial charge in [0.05, 0.1) is 0 Å². The molecule has 0 unspecified atom stereocenters. The molecule has 1 fully saturated rings. The van der Waals surface area contributed by atoms with E-state index in [4.69, 9.17) is 9.84 Å². The quantitative estimate of drug-likeness (QED) is 0.593. The van der Waals surface area contributed by atoms with Crippen molar-refractivity contribution in [2.75, 3.05) is 38.2 Å². The number of ether oxygens (including phenoxy) is 1. The van der Waals surface area contributed by atoms with Gasteiger partial charge in [-0.2, -0.15) is 0 Å². The summed E-state index contributed by atoms with van der Waals surface area (Å²) in [4.78, 5) is 37.1. The molecule has 2 heterocycles. The Morgan fingerprint density at radius 3 is 2.49 bits per heavy atom. The summed E-state index contributed by atoms with van der Waals surface area (Å²) in [5, 5.41) is 11.6. The summed E-state index contributed by atoms with van der Waals surface area (Å²) >= 11 is 0. The van der Waals surface area contributed by atoms with Crippen LogP contribution < -0.4 is 10.2 Å². The summed E-state index contributed by atoms with van der Waals surface area (Å²) in [7, 11) is 1.70. The van der Waals surface area contributed by atoms with Crippen molar-refractivity contribution in [3.8, 4) is 11.1 Å². The smallest absolute Gasteiger partial charge is 0.408 e. The molecule has 2 N–H and O–H groups in total. The molecule has 1 aliphatic rings. The number of nitrogens with zero attached hydrogens (tertiary/aromatic N) is 4. The minimum atomic E-state index is -0.613. The monoisotopic (exact) mass is 483 g/mol. The zero-order chi connectivity index (χ0) is 25.4. The third-order valence-electron chi connectivity index (χ3n) is 5.96. The molecule has 9 heteroatoms. The predicted octanol–water partition coefficient (Wildman–Crippen LogP) is 3.23. The highest BCUT2D eigenvalue weighted by atomic mass is 16.6. The molecule has 0 aliphatic carbocycles. The first-order chi connectivity index (χ1) is 16.6. The molecule has 2 aromatic rings. The van der Waals surface area contributed by atoms with Crippen molar-refractivity contribution in [3.63, 3.8) is 0 Å². The second-order valence-electron chi connectivity index (χ2n) is 10.0. The van der Waals surface area contributed by atoms with Gasteiger partial charge in [-0.25, -0.2) is 14.8 Å². The van der Waals surface area contributed by atoms with Gasteiger partial charge in [-0.15, -0.1) is 0 Å². The number of alkyl carbamates (subject to hydrolysis) is 1. The largest absolute Gasteiger partial charge is 0.444 e. The van der Waals surface area contributed by atoms with E-state index in [1.54, 1.807) is 32.7 Å². The molecule has 2 amide bonds. The maximum Gasteiger partial charge on any atom is 0.408 e. The van der Waals surface area contributed by atoms with Gasteiger partial charge >= 0.3 is 6.09 Å². The van der Waals surface area contributed by atoms with Gasteiger partial charge in [0.25, 0.3) is 0 Å². The van der Waals surface area contributed by atoms with Crippen LogP contribution in [-0.4, -0.2) is 70.9 Å². The van der Waals surface area contributed by atoms with Gasteiger partial charge in [-0.3, -0.25) is 4.79 Å². The molecule has 0 radical (unpaired) electrons. The molecular formula is C26H37N5O4. The lowest BCUT2D eigenvalue weighted by Gasteiger charge is -2.31. The van der Waals surface area contributed by atoms with E-state index < -0.39 is 11.7 Å². The fourth-order valence-electron chi connectivity index (χ4n) is 4.05. The highest BCUT2D eigenvalue weighted by Crippen LogP contribution is 2.25. The Bertz CT molecular complexity index is 982. The summed E-state index contributed by atoms with van der Waals surface area (Å²) in [6.45, 7) is 7.66. The van der Waals surface area contributed by atoms with Crippen molar-refractivity contribution < 1.29 is 19.4 Å². The van der Waals surface area contributed by atoms with Crippen molar-refractivity contribution in [2.24, 2.45) is 5.92 Å². The maximum absolute atomic E-state index is 12.4. The third-order valence-corrected chi connectivity index (χ3v) is 5.96. The van der Waals surface area contributed by atoms with Crippen molar-refractivity contribution in [1.82, 2.24) is 20.2 Å². The summed E-state index contributed by atoms with van der Waals surface area (Å²) in [6, 6.07) is 7.92. The molecule has 35 heavy (non-hydrogen) atoms. The van der Waals surface area contributed by atoms with E-state index in [-0.39, 0.29) is 19.1 Å². The number of hydrogen-bond acceptors (Lipinski definition) is 7. The number of rotatable bonds is 8. The van der Waals surface area contributed by atoms with E-state index in [1.165, 1.54) is 0 Å². The van der Waals surface area contributed by atoms with Gasteiger partial charge in [0.15, 0.2) is 0 Å². The minimum absolute atomic E-state index is 0.127. The van der Waals surface area contributed by atoms with Crippen molar-refractivity contribution in [2.45, 2.75) is 52.2 Å². The number of aromatic nitrogens is 2. The molecule has 1 aromatic heterocycles. The number of benzene rings is 1. The lowest BCUT2D eigenvalue weighted by atomic mass is 9.94. The number of amides is 2.